The van der Waals surface area contributed by atoms with E-state index >= 15 is 0 Å². The van der Waals surface area contributed by atoms with E-state index in [9.17, 15) is 0 Å². The summed E-state index contributed by atoms with van der Waals surface area (Å²) >= 11 is 0. The second kappa shape index (κ2) is 15.2. The minimum absolute atomic E-state index is 0.218. The first-order valence-electron chi connectivity index (χ1n) is 21.9. The third-order valence-electron chi connectivity index (χ3n) is 13.3. The third kappa shape index (κ3) is 6.09. The number of allylic oxidation sites excluding steroid dienone is 3. The molecule has 2 nitrogen and oxygen atoms in total. The van der Waals surface area contributed by atoms with Crippen LogP contribution in [0.15, 0.2) is 253 Å². The van der Waals surface area contributed by atoms with Crippen molar-refractivity contribution < 1.29 is 4.42 Å². The fourth-order valence-electron chi connectivity index (χ4n) is 10.4. The first-order chi connectivity index (χ1) is 31.2. The maximum absolute atomic E-state index is 6.30. The van der Waals surface area contributed by atoms with E-state index in [0.29, 0.717) is 0 Å². The number of hydrogen-bond acceptors (Lipinski definition) is 2. The summed E-state index contributed by atoms with van der Waals surface area (Å²) in [6.45, 7) is 0. The van der Waals surface area contributed by atoms with Crippen LogP contribution in [0.25, 0.3) is 55.3 Å². The molecule has 2 aliphatic carbocycles. The second-order valence-corrected chi connectivity index (χ2v) is 16.7. The molecule has 1 aromatic heterocycles. The molecule has 2 aliphatic rings. The van der Waals surface area contributed by atoms with Crippen LogP contribution < -0.4 is 4.90 Å². The van der Waals surface area contributed by atoms with Crippen molar-refractivity contribution in [3.05, 3.63) is 276 Å². The number of para-hydroxylation sites is 1. The molecule has 0 saturated carbocycles. The lowest BCUT2D eigenvalue weighted by atomic mass is 9.68. The summed E-state index contributed by atoms with van der Waals surface area (Å²) in [5.74, 6) is 0.218. The van der Waals surface area contributed by atoms with Crippen molar-refractivity contribution in [1.29, 1.82) is 0 Å². The van der Waals surface area contributed by atoms with Crippen molar-refractivity contribution in [3.8, 4) is 33.4 Å². The summed E-state index contributed by atoms with van der Waals surface area (Å²) in [4.78, 5) is 2.42. The Bertz CT molecular complexity index is 3310. The standard InChI is InChI=1S/C61H43NO/c1-3-15-42(16-4-1)45-17-13-18-46(41-45)43-29-35-49(36-30-43)62(50-37-31-44(32-38-50)52-24-14-28-59-60(52)55-23-9-12-27-58(55)63-59)51-39-33-48(34-40-51)61(47-19-5-2-6-20-47)56-25-10-7-21-53(56)54-22-8-11-26-57(54)61/h1-31,33-41,44H,32H2. The average molecular weight is 806 g/mol. The zero-order valence-electron chi connectivity index (χ0n) is 34.7. The van der Waals surface area contributed by atoms with Gasteiger partial charge in [-0.1, -0.05) is 194 Å². The molecule has 0 amide bonds. The number of rotatable bonds is 8. The molecular weight excluding hydrogens is 763 g/mol. The summed E-state index contributed by atoms with van der Waals surface area (Å²) < 4.78 is 6.30. The van der Waals surface area contributed by atoms with E-state index in [2.05, 4.69) is 242 Å². The molecule has 0 radical (unpaired) electrons. The lowest BCUT2D eigenvalue weighted by molar-refractivity contribution is 0.668. The fourth-order valence-corrected chi connectivity index (χ4v) is 10.4. The largest absolute Gasteiger partial charge is 0.456 e. The van der Waals surface area contributed by atoms with Gasteiger partial charge in [-0.25, -0.2) is 0 Å². The van der Waals surface area contributed by atoms with E-state index in [1.807, 2.05) is 6.07 Å². The van der Waals surface area contributed by atoms with Crippen LogP contribution in [-0.4, -0.2) is 0 Å². The summed E-state index contributed by atoms with van der Waals surface area (Å²) in [7, 11) is 0. The molecule has 0 saturated heterocycles. The summed E-state index contributed by atoms with van der Waals surface area (Å²) in [5, 5.41) is 2.38. The van der Waals surface area contributed by atoms with Gasteiger partial charge in [0.15, 0.2) is 0 Å². The molecule has 298 valence electrons. The van der Waals surface area contributed by atoms with Gasteiger partial charge in [0.2, 0.25) is 0 Å². The summed E-state index contributed by atoms with van der Waals surface area (Å²) in [6, 6.07) is 81.7. The van der Waals surface area contributed by atoms with Gasteiger partial charge in [0.25, 0.3) is 0 Å². The van der Waals surface area contributed by atoms with Gasteiger partial charge in [-0.05, 0) is 116 Å². The van der Waals surface area contributed by atoms with Crippen molar-refractivity contribution in [2.45, 2.75) is 17.8 Å². The molecule has 0 aliphatic heterocycles. The Morgan fingerprint density at radius 1 is 0.444 bits per heavy atom. The Hall–Kier alpha value is -7.94. The van der Waals surface area contributed by atoms with E-state index < -0.39 is 5.41 Å². The van der Waals surface area contributed by atoms with Crippen molar-refractivity contribution in [1.82, 2.24) is 0 Å². The Morgan fingerprint density at radius 2 is 0.984 bits per heavy atom. The number of nitrogens with zero attached hydrogens (tertiary/aromatic N) is 1. The summed E-state index contributed by atoms with van der Waals surface area (Å²) in [5.41, 5.74) is 18.6. The molecular formula is C61H43NO. The highest BCUT2D eigenvalue weighted by Crippen LogP contribution is 2.56. The number of hydrogen-bond donors (Lipinski definition) is 0. The lowest BCUT2D eigenvalue weighted by Gasteiger charge is -2.35. The molecule has 0 spiro atoms. The maximum Gasteiger partial charge on any atom is 0.135 e. The molecule has 10 aromatic rings. The van der Waals surface area contributed by atoms with Crippen LogP contribution in [0.5, 0.6) is 0 Å². The summed E-state index contributed by atoms with van der Waals surface area (Å²) in [6.07, 6.45) is 7.97. The molecule has 1 unspecified atom stereocenters. The van der Waals surface area contributed by atoms with E-state index in [4.69, 9.17) is 4.42 Å². The van der Waals surface area contributed by atoms with Crippen LogP contribution in [0.4, 0.5) is 11.4 Å². The SMILES string of the molecule is C1=CC(c2cccc3oc4ccccc4c23)CC=C1N(c1ccc(-c2cccc(-c3ccccc3)c2)cc1)c1ccc(C2(c3ccccc3)c3ccccc3-c3ccccc32)cc1. The average Bonchev–Trinajstić information content (AvgIpc) is 3.90. The predicted molar refractivity (Wildman–Crippen MR) is 261 cm³/mol. The first-order valence-corrected chi connectivity index (χ1v) is 21.9. The van der Waals surface area contributed by atoms with Gasteiger partial charge in [-0.2, -0.15) is 0 Å². The van der Waals surface area contributed by atoms with Gasteiger partial charge in [0.05, 0.1) is 5.41 Å². The van der Waals surface area contributed by atoms with Gasteiger partial charge < -0.3 is 9.32 Å². The molecule has 1 atom stereocenters. The highest BCUT2D eigenvalue weighted by atomic mass is 16.3. The number of fused-ring (bicyclic) bond motifs is 6. The maximum atomic E-state index is 6.30. The minimum Gasteiger partial charge on any atom is -0.456 e. The van der Waals surface area contributed by atoms with Crippen LogP contribution >= 0.6 is 0 Å². The zero-order valence-corrected chi connectivity index (χ0v) is 34.7. The van der Waals surface area contributed by atoms with Crippen LogP contribution in [0.3, 0.4) is 0 Å². The Balaban J connectivity index is 0.957. The number of furan rings is 1. The Morgan fingerprint density at radius 3 is 1.67 bits per heavy atom. The monoisotopic (exact) mass is 805 g/mol. The Labute approximate surface area is 368 Å². The second-order valence-electron chi connectivity index (χ2n) is 16.7. The topological polar surface area (TPSA) is 16.4 Å². The van der Waals surface area contributed by atoms with E-state index in [1.54, 1.807) is 0 Å². The zero-order chi connectivity index (χ0) is 41.7. The van der Waals surface area contributed by atoms with Crippen molar-refractivity contribution in [2.75, 3.05) is 4.90 Å². The van der Waals surface area contributed by atoms with Gasteiger partial charge in [0.1, 0.15) is 11.2 Å². The number of anilines is 2. The van der Waals surface area contributed by atoms with Crippen molar-refractivity contribution in [2.24, 2.45) is 0 Å². The van der Waals surface area contributed by atoms with E-state index in [0.717, 1.165) is 34.7 Å². The minimum atomic E-state index is -0.455. The molecule has 63 heavy (non-hydrogen) atoms. The highest BCUT2D eigenvalue weighted by molar-refractivity contribution is 6.07. The highest BCUT2D eigenvalue weighted by Gasteiger charge is 2.45. The molecule has 1 heterocycles. The molecule has 0 bridgehead atoms. The van der Waals surface area contributed by atoms with Gasteiger partial charge in [-0.15, -0.1) is 0 Å². The van der Waals surface area contributed by atoms with Crippen LogP contribution in [-0.2, 0) is 5.41 Å². The van der Waals surface area contributed by atoms with E-state index in [1.165, 1.54) is 72.0 Å². The van der Waals surface area contributed by atoms with Gasteiger partial charge >= 0.3 is 0 Å². The van der Waals surface area contributed by atoms with E-state index in [-0.39, 0.29) is 5.92 Å². The molecule has 9 aromatic carbocycles. The first kappa shape index (κ1) is 36.9. The number of benzene rings is 9. The molecule has 12 rings (SSSR count). The lowest BCUT2D eigenvalue weighted by Crippen LogP contribution is -2.28. The normalized spacial score (nSPS) is 14.9. The van der Waals surface area contributed by atoms with Crippen molar-refractivity contribution in [3.63, 3.8) is 0 Å². The molecule has 0 fully saturated rings. The smallest absolute Gasteiger partial charge is 0.135 e. The van der Waals surface area contributed by atoms with Crippen LogP contribution in [0.2, 0.25) is 0 Å². The molecule has 2 heteroatoms. The Kier molecular flexibility index (Phi) is 8.90. The van der Waals surface area contributed by atoms with Crippen molar-refractivity contribution >= 4 is 33.3 Å². The molecule has 0 N–H and O–H groups in total. The quantitative estimate of drug-likeness (QED) is 0.152. The van der Waals surface area contributed by atoms with Crippen LogP contribution in [0.1, 0.15) is 40.2 Å². The fraction of sp³-hybridized carbons (Fsp3) is 0.0492. The van der Waals surface area contributed by atoms with Crippen LogP contribution in [0, 0.1) is 0 Å². The van der Waals surface area contributed by atoms with Gasteiger partial charge in [-0.3, -0.25) is 0 Å². The third-order valence-corrected chi connectivity index (χ3v) is 13.3. The van der Waals surface area contributed by atoms with Gasteiger partial charge in [0, 0.05) is 33.8 Å². The predicted octanol–water partition coefficient (Wildman–Crippen LogP) is 16.0.